The molecule has 0 spiro atoms. The van der Waals surface area contributed by atoms with Crippen LogP contribution in [0.4, 0.5) is 4.79 Å². The average Bonchev–Trinajstić information content (AvgIpc) is 2.35. The molecule has 5 heteroatoms. The van der Waals surface area contributed by atoms with E-state index in [4.69, 9.17) is 4.74 Å². The van der Waals surface area contributed by atoms with E-state index >= 15 is 0 Å². The summed E-state index contributed by atoms with van der Waals surface area (Å²) in [6.07, 6.45) is 3.33. The molecule has 0 bridgehead atoms. The highest BCUT2D eigenvalue weighted by atomic mass is 16.6. The summed E-state index contributed by atoms with van der Waals surface area (Å²) in [4.78, 5) is 16.0. The number of amides is 1. The standard InChI is InChI=1S/C16H25N3O2/c1-11(14-7-5-6-8-17-14)18-12-9-13(10-12)19-15(20)21-16(2,3)4/h5-8,11-13,18H,9-10H2,1-4H3,(H,19,20). The highest BCUT2D eigenvalue weighted by Crippen LogP contribution is 2.23. The maximum absolute atomic E-state index is 11.6. The Morgan fingerprint density at radius 1 is 1.33 bits per heavy atom. The monoisotopic (exact) mass is 291 g/mol. The van der Waals surface area contributed by atoms with Crippen molar-refractivity contribution in [3.8, 4) is 0 Å². The van der Waals surface area contributed by atoms with E-state index in [0.29, 0.717) is 6.04 Å². The van der Waals surface area contributed by atoms with Gasteiger partial charge in [-0.15, -0.1) is 0 Å². The van der Waals surface area contributed by atoms with Gasteiger partial charge in [0.2, 0.25) is 0 Å². The minimum atomic E-state index is -0.445. The van der Waals surface area contributed by atoms with Crippen molar-refractivity contribution < 1.29 is 9.53 Å². The van der Waals surface area contributed by atoms with Crippen molar-refractivity contribution in [1.29, 1.82) is 0 Å². The molecule has 1 aliphatic carbocycles. The Morgan fingerprint density at radius 3 is 2.62 bits per heavy atom. The van der Waals surface area contributed by atoms with E-state index in [1.165, 1.54) is 0 Å². The number of nitrogens with one attached hydrogen (secondary N) is 2. The molecule has 2 rings (SSSR count). The molecule has 1 unspecified atom stereocenters. The van der Waals surface area contributed by atoms with Crippen LogP contribution in [0.1, 0.15) is 52.3 Å². The van der Waals surface area contributed by atoms with Crippen molar-refractivity contribution in [1.82, 2.24) is 15.6 Å². The van der Waals surface area contributed by atoms with Crippen LogP contribution in [-0.4, -0.2) is 28.8 Å². The van der Waals surface area contributed by atoms with Crippen molar-refractivity contribution in [2.45, 2.75) is 64.3 Å². The number of rotatable bonds is 4. The normalized spacial score (nSPS) is 23.0. The summed E-state index contributed by atoms with van der Waals surface area (Å²) in [6, 6.07) is 6.77. The lowest BCUT2D eigenvalue weighted by molar-refractivity contribution is 0.0463. The molecule has 2 N–H and O–H groups in total. The molecule has 1 atom stereocenters. The Balaban J connectivity index is 1.69. The molecule has 0 radical (unpaired) electrons. The number of aromatic nitrogens is 1. The first-order chi connectivity index (χ1) is 9.83. The van der Waals surface area contributed by atoms with Crippen molar-refractivity contribution in [2.24, 2.45) is 0 Å². The number of pyridine rings is 1. The average molecular weight is 291 g/mol. The van der Waals surface area contributed by atoms with Gasteiger partial charge in [0, 0.05) is 24.3 Å². The molecule has 1 aromatic rings. The van der Waals surface area contributed by atoms with Gasteiger partial charge in [-0.25, -0.2) is 4.79 Å². The summed E-state index contributed by atoms with van der Waals surface area (Å²) in [6.45, 7) is 7.71. The maximum atomic E-state index is 11.6. The molecule has 1 heterocycles. The Hall–Kier alpha value is -1.62. The van der Waals surface area contributed by atoms with Gasteiger partial charge < -0.3 is 15.4 Å². The van der Waals surface area contributed by atoms with E-state index in [1.54, 1.807) is 6.20 Å². The van der Waals surface area contributed by atoms with Crippen LogP contribution in [-0.2, 0) is 4.74 Å². The van der Waals surface area contributed by atoms with E-state index < -0.39 is 5.60 Å². The third-order valence-electron chi connectivity index (χ3n) is 3.48. The molecule has 116 valence electrons. The van der Waals surface area contributed by atoms with Gasteiger partial charge in [0.1, 0.15) is 5.60 Å². The van der Waals surface area contributed by atoms with Crippen LogP contribution in [0.5, 0.6) is 0 Å². The van der Waals surface area contributed by atoms with E-state index in [-0.39, 0.29) is 18.2 Å². The summed E-state index contributed by atoms with van der Waals surface area (Å²) >= 11 is 0. The number of ether oxygens (including phenoxy) is 1. The van der Waals surface area contributed by atoms with Gasteiger partial charge in [-0.05, 0) is 52.7 Å². The smallest absolute Gasteiger partial charge is 0.407 e. The zero-order valence-electron chi connectivity index (χ0n) is 13.2. The molecular weight excluding hydrogens is 266 g/mol. The van der Waals surface area contributed by atoms with Gasteiger partial charge in [0.15, 0.2) is 0 Å². The minimum Gasteiger partial charge on any atom is -0.444 e. The van der Waals surface area contributed by atoms with Gasteiger partial charge in [0.25, 0.3) is 0 Å². The molecular formula is C16H25N3O2. The summed E-state index contributed by atoms with van der Waals surface area (Å²) in [7, 11) is 0. The molecule has 0 aromatic carbocycles. The minimum absolute atomic E-state index is 0.202. The number of nitrogens with zero attached hydrogens (tertiary/aromatic N) is 1. The van der Waals surface area contributed by atoms with Crippen molar-refractivity contribution in [2.75, 3.05) is 0 Å². The van der Waals surface area contributed by atoms with E-state index in [0.717, 1.165) is 18.5 Å². The topological polar surface area (TPSA) is 63.2 Å². The van der Waals surface area contributed by atoms with Gasteiger partial charge in [-0.3, -0.25) is 4.98 Å². The summed E-state index contributed by atoms with van der Waals surface area (Å²) in [5.74, 6) is 0. The highest BCUT2D eigenvalue weighted by molar-refractivity contribution is 5.68. The SMILES string of the molecule is CC(NC1CC(NC(=O)OC(C)(C)C)C1)c1ccccn1. The molecule has 1 saturated carbocycles. The summed E-state index contributed by atoms with van der Waals surface area (Å²) in [5, 5.41) is 6.43. The van der Waals surface area contributed by atoms with Crippen molar-refractivity contribution in [3.05, 3.63) is 30.1 Å². The number of carbonyl (C=O) groups is 1. The van der Waals surface area contributed by atoms with Gasteiger partial charge in [0.05, 0.1) is 5.69 Å². The second-order valence-electron chi connectivity index (χ2n) is 6.65. The summed E-state index contributed by atoms with van der Waals surface area (Å²) < 4.78 is 5.25. The molecule has 0 saturated heterocycles. The zero-order chi connectivity index (χ0) is 15.5. The predicted molar refractivity (Wildman–Crippen MR) is 82.0 cm³/mol. The molecule has 0 aliphatic heterocycles. The summed E-state index contributed by atoms with van der Waals surface area (Å²) in [5.41, 5.74) is 0.597. The lowest BCUT2D eigenvalue weighted by atomic mass is 9.86. The van der Waals surface area contributed by atoms with Crippen LogP contribution >= 0.6 is 0 Å². The first-order valence-electron chi connectivity index (χ1n) is 7.50. The lowest BCUT2D eigenvalue weighted by Crippen LogP contribution is -2.53. The second-order valence-corrected chi connectivity index (χ2v) is 6.65. The fraction of sp³-hybridized carbons (Fsp3) is 0.625. The van der Waals surface area contributed by atoms with Crippen LogP contribution in [0.25, 0.3) is 0 Å². The molecule has 1 amide bonds. The number of alkyl carbamates (subject to hydrolysis) is 1. The largest absolute Gasteiger partial charge is 0.444 e. The quantitative estimate of drug-likeness (QED) is 0.895. The van der Waals surface area contributed by atoms with Crippen LogP contribution in [0, 0.1) is 0 Å². The maximum Gasteiger partial charge on any atom is 0.407 e. The molecule has 1 aliphatic rings. The fourth-order valence-electron chi connectivity index (χ4n) is 2.42. The first kappa shape index (κ1) is 15.8. The van der Waals surface area contributed by atoms with E-state index in [9.17, 15) is 4.79 Å². The van der Waals surface area contributed by atoms with Crippen LogP contribution < -0.4 is 10.6 Å². The third kappa shape index (κ3) is 5.01. The van der Waals surface area contributed by atoms with Gasteiger partial charge >= 0.3 is 6.09 Å². The molecule has 5 nitrogen and oxygen atoms in total. The van der Waals surface area contributed by atoms with Crippen molar-refractivity contribution >= 4 is 6.09 Å². The number of hydrogen-bond acceptors (Lipinski definition) is 4. The van der Waals surface area contributed by atoms with Gasteiger partial charge in [-0.2, -0.15) is 0 Å². The van der Waals surface area contributed by atoms with Crippen LogP contribution in [0.15, 0.2) is 24.4 Å². The molecule has 1 fully saturated rings. The first-order valence-corrected chi connectivity index (χ1v) is 7.50. The lowest BCUT2D eigenvalue weighted by Gasteiger charge is -2.38. The van der Waals surface area contributed by atoms with Crippen LogP contribution in [0.2, 0.25) is 0 Å². The van der Waals surface area contributed by atoms with E-state index in [2.05, 4.69) is 22.5 Å². The van der Waals surface area contributed by atoms with Crippen molar-refractivity contribution in [3.63, 3.8) is 0 Å². The Kier molecular flexibility index (Phi) is 4.83. The molecule has 1 aromatic heterocycles. The van der Waals surface area contributed by atoms with E-state index in [1.807, 2.05) is 39.0 Å². The number of hydrogen-bond donors (Lipinski definition) is 2. The fourth-order valence-corrected chi connectivity index (χ4v) is 2.42. The van der Waals surface area contributed by atoms with Crippen LogP contribution in [0.3, 0.4) is 0 Å². The third-order valence-corrected chi connectivity index (χ3v) is 3.48. The Morgan fingerprint density at radius 2 is 2.05 bits per heavy atom. The second kappa shape index (κ2) is 6.43. The number of carbonyl (C=O) groups excluding carboxylic acids is 1. The zero-order valence-corrected chi connectivity index (χ0v) is 13.2. The molecule has 21 heavy (non-hydrogen) atoms. The Bertz CT molecular complexity index is 464. The predicted octanol–water partition coefficient (Wildman–Crippen LogP) is 2.79. The highest BCUT2D eigenvalue weighted by Gasteiger charge is 2.32. The Labute approximate surface area is 126 Å². The van der Waals surface area contributed by atoms with Gasteiger partial charge in [-0.1, -0.05) is 6.07 Å².